The summed E-state index contributed by atoms with van der Waals surface area (Å²) in [5.74, 6) is -3.35. The van der Waals surface area contributed by atoms with E-state index in [9.17, 15) is 23.1 Å². The third-order valence-corrected chi connectivity index (χ3v) is 6.57. The highest BCUT2D eigenvalue weighted by Gasteiger charge is 2.28. The Bertz CT molecular complexity index is 1690. The number of imidazole rings is 1. The number of carbonyl (C=O) groups is 1. The van der Waals surface area contributed by atoms with Crippen LogP contribution in [0.1, 0.15) is 29.2 Å². The molecule has 0 saturated heterocycles. The minimum atomic E-state index is -0.962. The maximum absolute atomic E-state index is 14.9. The number of aromatic nitrogens is 3. The number of fused-ring (bicyclic) bond motifs is 2. The van der Waals surface area contributed by atoms with E-state index in [0.717, 1.165) is 17.7 Å². The molecule has 0 radical (unpaired) electrons. The van der Waals surface area contributed by atoms with Gasteiger partial charge >= 0.3 is 5.97 Å². The highest BCUT2D eigenvalue weighted by molar-refractivity contribution is 5.82. The topological polar surface area (TPSA) is 100 Å². The molecule has 38 heavy (non-hydrogen) atoms. The van der Waals surface area contributed by atoms with Crippen LogP contribution in [-0.2, 0) is 11.2 Å². The SMILES string of the molecule is O=C(O)Cc1cccc2c1OCC[C@@H]2c1c[nH]c(-c2cc(Oc3c(F)cc4[nH]ccc4c3F)ccc2F)n1. The third-order valence-electron chi connectivity index (χ3n) is 6.57. The molecular formula is C28H20F3N3O4. The van der Waals surface area contributed by atoms with Crippen LogP contribution in [0.25, 0.3) is 22.3 Å². The van der Waals surface area contributed by atoms with Gasteiger partial charge < -0.3 is 24.5 Å². The van der Waals surface area contributed by atoms with E-state index in [4.69, 9.17) is 9.47 Å². The highest BCUT2D eigenvalue weighted by Crippen LogP contribution is 2.41. The largest absolute Gasteiger partial charge is 0.493 e. The second kappa shape index (κ2) is 9.29. The zero-order valence-corrected chi connectivity index (χ0v) is 19.7. The molecule has 192 valence electrons. The highest BCUT2D eigenvalue weighted by atomic mass is 19.1. The van der Waals surface area contributed by atoms with Gasteiger partial charge in [-0.1, -0.05) is 18.2 Å². The fourth-order valence-corrected chi connectivity index (χ4v) is 4.82. The lowest BCUT2D eigenvalue weighted by Gasteiger charge is -2.26. The van der Waals surface area contributed by atoms with Gasteiger partial charge in [-0.3, -0.25) is 4.79 Å². The molecule has 10 heteroatoms. The summed E-state index contributed by atoms with van der Waals surface area (Å²) < 4.78 is 55.6. The molecule has 0 bridgehead atoms. The molecule has 1 atom stereocenters. The Balaban J connectivity index is 1.32. The van der Waals surface area contributed by atoms with Gasteiger partial charge in [0.25, 0.3) is 0 Å². The van der Waals surface area contributed by atoms with Crippen molar-refractivity contribution in [1.29, 1.82) is 0 Å². The Morgan fingerprint density at radius 3 is 2.82 bits per heavy atom. The van der Waals surface area contributed by atoms with Crippen molar-refractivity contribution >= 4 is 16.9 Å². The molecule has 3 heterocycles. The van der Waals surface area contributed by atoms with Crippen molar-refractivity contribution in [2.45, 2.75) is 18.8 Å². The van der Waals surface area contributed by atoms with Crippen molar-refractivity contribution < 1.29 is 32.5 Å². The minimum Gasteiger partial charge on any atom is -0.493 e. The van der Waals surface area contributed by atoms with Crippen LogP contribution >= 0.6 is 0 Å². The fraction of sp³-hybridized carbons (Fsp3) is 0.143. The summed E-state index contributed by atoms with van der Waals surface area (Å²) >= 11 is 0. The smallest absolute Gasteiger partial charge is 0.307 e. The minimum absolute atomic E-state index is 0.0294. The van der Waals surface area contributed by atoms with Crippen LogP contribution in [0, 0.1) is 17.5 Å². The van der Waals surface area contributed by atoms with E-state index in [2.05, 4.69) is 15.0 Å². The van der Waals surface area contributed by atoms with Gasteiger partial charge in [0.05, 0.1) is 29.8 Å². The molecule has 0 amide bonds. The molecule has 0 fully saturated rings. The average Bonchev–Trinajstić information content (AvgIpc) is 3.57. The Kier molecular flexibility index (Phi) is 5.79. The molecule has 0 saturated carbocycles. The monoisotopic (exact) mass is 519 g/mol. The maximum Gasteiger partial charge on any atom is 0.307 e. The molecule has 7 nitrogen and oxygen atoms in total. The molecular weight excluding hydrogens is 499 g/mol. The van der Waals surface area contributed by atoms with Crippen molar-refractivity contribution in [3.8, 4) is 28.6 Å². The average molecular weight is 519 g/mol. The number of para-hydroxylation sites is 1. The fourth-order valence-electron chi connectivity index (χ4n) is 4.82. The van der Waals surface area contributed by atoms with E-state index in [1.807, 2.05) is 6.07 Å². The Labute approximate surface area is 213 Å². The molecule has 0 aliphatic carbocycles. The molecule has 3 aromatic carbocycles. The van der Waals surface area contributed by atoms with Crippen molar-refractivity contribution in [2.24, 2.45) is 0 Å². The summed E-state index contributed by atoms with van der Waals surface area (Å²) in [5, 5.41) is 9.40. The number of halogens is 3. The number of aliphatic carboxylic acids is 1. The lowest BCUT2D eigenvalue weighted by molar-refractivity contribution is -0.136. The first kappa shape index (κ1) is 23.7. The molecule has 1 aliphatic heterocycles. The van der Waals surface area contributed by atoms with Gasteiger partial charge in [-0.15, -0.1) is 0 Å². The number of hydrogen-bond acceptors (Lipinski definition) is 4. The molecule has 0 spiro atoms. The number of nitrogens with zero attached hydrogens (tertiary/aromatic N) is 1. The zero-order chi connectivity index (χ0) is 26.4. The molecule has 5 aromatic rings. The van der Waals surface area contributed by atoms with Gasteiger partial charge in [-0.2, -0.15) is 0 Å². The summed E-state index contributed by atoms with van der Waals surface area (Å²) in [6.07, 6.45) is 3.58. The lowest BCUT2D eigenvalue weighted by atomic mass is 9.88. The molecule has 3 N–H and O–H groups in total. The summed E-state index contributed by atoms with van der Waals surface area (Å²) in [6, 6.07) is 11.7. The Hall–Kier alpha value is -4.73. The van der Waals surface area contributed by atoms with E-state index in [1.165, 1.54) is 24.4 Å². The predicted octanol–water partition coefficient (Wildman–Crippen LogP) is 6.31. The van der Waals surface area contributed by atoms with E-state index in [0.29, 0.717) is 35.6 Å². The van der Waals surface area contributed by atoms with Crippen LogP contribution < -0.4 is 9.47 Å². The summed E-state index contributed by atoms with van der Waals surface area (Å²) in [5.41, 5.74) is 2.35. The number of H-pyrrole nitrogens is 2. The van der Waals surface area contributed by atoms with Crippen LogP contribution in [-0.4, -0.2) is 32.6 Å². The predicted molar refractivity (Wildman–Crippen MR) is 132 cm³/mol. The van der Waals surface area contributed by atoms with Crippen LogP contribution in [0.3, 0.4) is 0 Å². The lowest BCUT2D eigenvalue weighted by Crippen LogP contribution is -2.17. The molecule has 0 unspecified atom stereocenters. The number of nitrogens with one attached hydrogen (secondary N) is 2. The van der Waals surface area contributed by atoms with E-state index < -0.39 is 29.2 Å². The summed E-state index contributed by atoms with van der Waals surface area (Å²) in [4.78, 5) is 21.6. The first-order valence-electron chi connectivity index (χ1n) is 11.8. The summed E-state index contributed by atoms with van der Waals surface area (Å²) in [7, 11) is 0. The van der Waals surface area contributed by atoms with Gasteiger partial charge in [0.15, 0.2) is 17.4 Å². The normalized spacial score (nSPS) is 14.8. The number of carboxylic acid groups (broad SMARTS) is 1. The second-order valence-electron chi connectivity index (χ2n) is 8.95. The van der Waals surface area contributed by atoms with E-state index >= 15 is 0 Å². The maximum atomic E-state index is 14.9. The molecule has 6 rings (SSSR count). The standard InChI is InChI=1S/C28H20F3N3O4/c29-20-5-4-15(38-27-21(30)12-22-18(25(27)31)6-8-32-22)11-19(20)28-33-13-23(34-28)16-7-9-37-26-14(10-24(35)36)2-1-3-17(16)26/h1-6,8,11-13,16,32H,7,9-10H2,(H,33,34)(H,35,36)/t16-/m0/s1. The first-order valence-corrected chi connectivity index (χ1v) is 11.8. The molecule has 1 aliphatic rings. The Morgan fingerprint density at radius 2 is 1.97 bits per heavy atom. The second-order valence-corrected chi connectivity index (χ2v) is 8.95. The van der Waals surface area contributed by atoms with Crippen molar-refractivity contribution in [3.63, 3.8) is 0 Å². The first-order chi connectivity index (χ1) is 18.4. The van der Waals surface area contributed by atoms with Crippen LogP contribution in [0.4, 0.5) is 13.2 Å². The van der Waals surface area contributed by atoms with Gasteiger partial charge in [0, 0.05) is 40.9 Å². The number of carboxylic acids is 1. The number of benzene rings is 3. The van der Waals surface area contributed by atoms with Crippen molar-refractivity contribution in [1.82, 2.24) is 15.0 Å². The van der Waals surface area contributed by atoms with Crippen LogP contribution in [0.2, 0.25) is 0 Å². The van der Waals surface area contributed by atoms with Crippen molar-refractivity contribution in [3.05, 3.63) is 95.2 Å². The third kappa shape index (κ3) is 4.13. The van der Waals surface area contributed by atoms with Gasteiger partial charge in [0.1, 0.15) is 23.1 Å². The van der Waals surface area contributed by atoms with Gasteiger partial charge in [-0.25, -0.2) is 18.2 Å². The number of aromatic amines is 2. The number of hydrogen-bond donors (Lipinski definition) is 3. The van der Waals surface area contributed by atoms with Crippen molar-refractivity contribution in [2.75, 3.05) is 6.61 Å². The summed E-state index contributed by atoms with van der Waals surface area (Å²) in [6.45, 7) is 0.372. The van der Waals surface area contributed by atoms with E-state index in [-0.39, 0.29) is 34.9 Å². The van der Waals surface area contributed by atoms with Gasteiger partial charge in [0.2, 0.25) is 0 Å². The number of rotatable bonds is 6. The quantitative estimate of drug-likeness (QED) is 0.244. The Morgan fingerprint density at radius 1 is 1.11 bits per heavy atom. The van der Waals surface area contributed by atoms with Crippen LogP contribution in [0.5, 0.6) is 17.2 Å². The van der Waals surface area contributed by atoms with Gasteiger partial charge in [-0.05, 0) is 30.7 Å². The molecule has 2 aromatic heterocycles. The van der Waals surface area contributed by atoms with E-state index in [1.54, 1.807) is 18.3 Å². The van der Waals surface area contributed by atoms with Crippen LogP contribution in [0.15, 0.2) is 60.9 Å². The zero-order valence-electron chi connectivity index (χ0n) is 19.7. The number of ether oxygens (including phenoxy) is 2.